The maximum atomic E-state index is 13.2. The predicted octanol–water partition coefficient (Wildman–Crippen LogP) is 4.76. The van der Waals surface area contributed by atoms with E-state index in [1.165, 1.54) is 24.1 Å². The van der Waals surface area contributed by atoms with Crippen LogP contribution in [0, 0.1) is 5.41 Å². The van der Waals surface area contributed by atoms with Gasteiger partial charge in [-0.25, -0.2) is 4.79 Å². The number of carbonyl (C=O) groups is 3. The van der Waals surface area contributed by atoms with E-state index in [9.17, 15) is 27.6 Å². The number of ether oxygens (including phenoxy) is 2. The smallest absolute Gasteiger partial charge is 0.417 e. The van der Waals surface area contributed by atoms with E-state index >= 15 is 0 Å². The van der Waals surface area contributed by atoms with Crippen molar-refractivity contribution in [3.05, 3.63) is 64.2 Å². The van der Waals surface area contributed by atoms with Crippen LogP contribution in [-0.4, -0.2) is 54.9 Å². The van der Waals surface area contributed by atoms with E-state index in [0.717, 1.165) is 12.1 Å². The standard InChI is InChI=1S/C25H25ClF3N3O5/c1-4-36-22(34)16-7-6-8-17(11-16)30-20(33)13-32-14-24(3,23(35)37-5-2)21(31-32)15-9-10-18(19(26)12-15)25(27,28)29/h6-12H,4-5,13-14H2,1-3H3,(H,30,33). The topological polar surface area (TPSA) is 97.3 Å². The fourth-order valence-corrected chi connectivity index (χ4v) is 4.13. The van der Waals surface area contributed by atoms with Crippen LogP contribution >= 0.6 is 11.6 Å². The van der Waals surface area contributed by atoms with Crippen molar-refractivity contribution in [2.24, 2.45) is 10.5 Å². The second-order valence-electron chi connectivity index (χ2n) is 8.37. The summed E-state index contributed by atoms with van der Waals surface area (Å²) in [6.45, 7) is 4.78. The van der Waals surface area contributed by atoms with Gasteiger partial charge in [0.15, 0.2) is 0 Å². The van der Waals surface area contributed by atoms with Gasteiger partial charge in [-0.05, 0) is 51.1 Å². The highest BCUT2D eigenvalue weighted by molar-refractivity contribution is 6.32. The molecule has 0 spiro atoms. The number of esters is 2. The molecule has 0 bridgehead atoms. The van der Waals surface area contributed by atoms with Gasteiger partial charge in [0.05, 0.1) is 41.6 Å². The Kier molecular flexibility index (Phi) is 8.47. The van der Waals surface area contributed by atoms with Crippen LogP contribution in [0.4, 0.5) is 18.9 Å². The molecule has 1 amide bonds. The third-order valence-electron chi connectivity index (χ3n) is 5.52. The first kappa shape index (κ1) is 28.0. The number of nitrogens with zero attached hydrogens (tertiary/aromatic N) is 2. The number of nitrogens with one attached hydrogen (secondary N) is 1. The number of anilines is 1. The maximum absolute atomic E-state index is 13.2. The van der Waals surface area contributed by atoms with Gasteiger partial charge in [0, 0.05) is 11.3 Å². The van der Waals surface area contributed by atoms with Crippen molar-refractivity contribution in [3.8, 4) is 0 Å². The number of amides is 1. The summed E-state index contributed by atoms with van der Waals surface area (Å²) >= 11 is 5.89. The van der Waals surface area contributed by atoms with Gasteiger partial charge < -0.3 is 14.8 Å². The van der Waals surface area contributed by atoms with Crippen LogP contribution < -0.4 is 5.32 Å². The highest BCUT2D eigenvalue weighted by Gasteiger charge is 2.47. The van der Waals surface area contributed by atoms with Gasteiger partial charge in [-0.1, -0.05) is 23.7 Å². The highest BCUT2D eigenvalue weighted by atomic mass is 35.5. The molecule has 1 aliphatic heterocycles. The van der Waals surface area contributed by atoms with Gasteiger partial charge >= 0.3 is 18.1 Å². The molecule has 1 unspecified atom stereocenters. The second kappa shape index (κ2) is 11.2. The third kappa shape index (κ3) is 6.40. The quantitative estimate of drug-likeness (QED) is 0.486. The Morgan fingerprint density at radius 3 is 2.43 bits per heavy atom. The Bertz CT molecular complexity index is 1230. The summed E-state index contributed by atoms with van der Waals surface area (Å²) in [4.78, 5) is 37.5. The van der Waals surface area contributed by atoms with E-state index in [0.29, 0.717) is 5.69 Å². The first-order valence-corrected chi connectivity index (χ1v) is 11.7. The number of rotatable bonds is 8. The minimum Gasteiger partial charge on any atom is -0.465 e. The number of hydrogen-bond acceptors (Lipinski definition) is 7. The van der Waals surface area contributed by atoms with E-state index < -0.39 is 40.0 Å². The Labute approximate surface area is 216 Å². The van der Waals surface area contributed by atoms with Gasteiger partial charge in [0.25, 0.3) is 0 Å². The monoisotopic (exact) mass is 539 g/mol. The zero-order valence-electron chi connectivity index (χ0n) is 20.3. The Morgan fingerprint density at radius 2 is 1.81 bits per heavy atom. The van der Waals surface area contributed by atoms with Crippen molar-refractivity contribution in [2.75, 3.05) is 31.6 Å². The lowest BCUT2D eigenvalue weighted by Gasteiger charge is -2.24. The molecule has 8 nitrogen and oxygen atoms in total. The molecule has 12 heteroatoms. The van der Waals surface area contributed by atoms with Crippen LogP contribution in [0.1, 0.15) is 42.3 Å². The number of halogens is 4. The van der Waals surface area contributed by atoms with E-state index in [1.807, 2.05) is 0 Å². The summed E-state index contributed by atoms with van der Waals surface area (Å²) in [6.07, 6.45) is -4.65. The van der Waals surface area contributed by atoms with Gasteiger partial charge in [-0.15, -0.1) is 0 Å². The number of hydrogen-bond donors (Lipinski definition) is 1. The summed E-state index contributed by atoms with van der Waals surface area (Å²) < 4.78 is 49.6. The molecule has 1 atom stereocenters. The third-order valence-corrected chi connectivity index (χ3v) is 5.83. The van der Waals surface area contributed by atoms with Crippen LogP contribution in [0.25, 0.3) is 0 Å². The molecule has 1 aliphatic rings. The first-order valence-electron chi connectivity index (χ1n) is 11.3. The number of alkyl halides is 3. The number of benzene rings is 2. The molecule has 37 heavy (non-hydrogen) atoms. The Balaban J connectivity index is 1.85. The maximum Gasteiger partial charge on any atom is 0.417 e. The molecule has 198 valence electrons. The SMILES string of the molecule is CCOC(=O)c1cccc(NC(=O)CN2CC(C)(C(=O)OCC)C(c3ccc(C(F)(F)F)c(Cl)c3)=N2)c1. The molecule has 2 aromatic carbocycles. The van der Waals surface area contributed by atoms with E-state index in [1.54, 1.807) is 32.0 Å². The van der Waals surface area contributed by atoms with Crippen LogP contribution in [0.5, 0.6) is 0 Å². The van der Waals surface area contributed by atoms with Crippen molar-refractivity contribution in [2.45, 2.75) is 26.9 Å². The predicted molar refractivity (Wildman–Crippen MR) is 130 cm³/mol. The zero-order chi connectivity index (χ0) is 27.4. The summed E-state index contributed by atoms with van der Waals surface area (Å²) in [5.74, 6) is -1.68. The van der Waals surface area contributed by atoms with Crippen LogP contribution in [-0.2, 0) is 25.2 Å². The summed E-state index contributed by atoms with van der Waals surface area (Å²) in [5.41, 5.74) is -1.46. The van der Waals surface area contributed by atoms with Crippen molar-refractivity contribution >= 4 is 40.8 Å². The molecule has 1 N–H and O–H groups in total. The van der Waals surface area contributed by atoms with Gasteiger partial charge in [-0.2, -0.15) is 18.3 Å². The van der Waals surface area contributed by atoms with E-state index in [-0.39, 0.29) is 43.1 Å². The Hall–Kier alpha value is -3.60. The summed E-state index contributed by atoms with van der Waals surface area (Å²) in [6, 6.07) is 9.26. The Morgan fingerprint density at radius 1 is 1.11 bits per heavy atom. The van der Waals surface area contributed by atoms with Crippen LogP contribution in [0.3, 0.4) is 0 Å². The fourth-order valence-electron chi connectivity index (χ4n) is 3.84. The van der Waals surface area contributed by atoms with Crippen molar-refractivity contribution in [1.82, 2.24) is 5.01 Å². The zero-order valence-corrected chi connectivity index (χ0v) is 21.1. The molecule has 0 aromatic heterocycles. The van der Waals surface area contributed by atoms with Gasteiger partial charge in [0.1, 0.15) is 12.0 Å². The molecule has 0 aliphatic carbocycles. The molecule has 0 radical (unpaired) electrons. The molecule has 3 rings (SSSR count). The minimum atomic E-state index is -4.65. The largest absolute Gasteiger partial charge is 0.465 e. The molecule has 0 saturated heterocycles. The molecule has 2 aromatic rings. The minimum absolute atomic E-state index is 0.0594. The van der Waals surface area contributed by atoms with Crippen molar-refractivity contribution < 1.29 is 37.0 Å². The average molecular weight is 540 g/mol. The van der Waals surface area contributed by atoms with Crippen LogP contribution in [0.2, 0.25) is 5.02 Å². The lowest BCUT2D eigenvalue weighted by atomic mass is 9.82. The average Bonchev–Trinajstić information content (AvgIpc) is 3.15. The number of hydrazone groups is 1. The van der Waals surface area contributed by atoms with E-state index in [2.05, 4.69) is 10.4 Å². The van der Waals surface area contributed by atoms with Crippen molar-refractivity contribution in [1.29, 1.82) is 0 Å². The van der Waals surface area contributed by atoms with E-state index in [4.69, 9.17) is 21.1 Å². The van der Waals surface area contributed by atoms with Crippen LogP contribution in [0.15, 0.2) is 47.6 Å². The highest BCUT2D eigenvalue weighted by Crippen LogP contribution is 2.38. The first-order chi connectivity index (χ1) is 17.4. The van der Waals surface area contributed by atoms with Gasteiger partial charge in [0.2, 0.25) is 5.91 Å². The lowest BCUT2D eigenvalue weighted by Crippen LogP contribution is -2.41. The molecular formula is C25H25ClF3N3O5. The van der Waals surface area contributed by atoms with Crippen molar-refractivity contribution in [3.63, 3.8) is 0 Å². The molecule has 0 fully saturated rings. The number of carbonyl (C=O) groups excluding carboxylic acids is 3. The molecular weight excluding hydrogens is 515 g/mol. The lowest BCUT2D eigenvalue weighted by molar-refractivity contribution is -0.150. The second-order valence-corrected chi connectivity index (χ2v) is 8.77. The summed E-state index contributed by atoms with van der Waals surface area (Å²) in [7, 11) is 0. The fraction of sp³-hybridized carbons (Fsp3) is 0.360. The molecule has 1 heterocycles. The van der Waals surface area contributed by atoms with Gasteiger partial charge in [-0.3, -0.25) is 14.6 Å². The summed E-state index contributed by atoms with van der Waals surface area (Å²) in [5, 5.41) is 7.81. The molecule has 0 saturated carbocycles. The normalized spacial score (nSPS) is 17.3.